The molecule has 1 aromatic carbocycles. The van der Waals surface area contributed by atoms with Crippen molar-refractivity contribution in [2.24, 2.45) is 10.2 Å². The van der Waals surface area contributed by atoms with Crippen molar-refractivity contribution in [3.63, 3.8) is 0 Å². The van der Waals surface area contributed by atoms with Crippen LogP contribution in [0.15, 0.2) is 34.5 Å². The van der Waals surface area contributed by atoms with Gasteiger partial charge < -0.3 is 14.2 Å². The van der Waals surface area contributed by atoms with Crippen molar-refractivity contribution < 1.29 is 23.4 Å². The van der Waals surface area contributed by atoms with Crippen LogP contribution in [-0.2, 0) is 14.2 Å². The zero-order valence-corrected chi connectivity index (χ0v) is 15.0. The van der Waals surface area contributed by atoms with Crippen LogP contribution in [0.2, 0.25) is 0 Å². The molecule has 0 unspecified atom stereocenters. The van der Waals surface area contributed by atoms with Crippen LogP contribution in [0.4, 0.5) is 14.9 Å². The highest BCUT2D eigenvalue weighted by Crippen LogP contribution is 2.29. The number of cyclic esters (lactones) is 1. The predicted octanol–water partition coefficient (Wildman–Crippen LogP) is 3.15. The van der Waals surface area contributed by atoms with E-state index in [1.54, 1.807) is 12.1 Å². The van der Waals surface area contributed by atoms with Gasteiger partial charge in [-0.3, -0.25) is 4.90 Å². The Morgan fingerprint density at radius 1 is 1.37 bits per heavy atom. The summed E-state index contributed by atoms with van der Waals surface area (Å²) < 4.78 is 30.7. The van der Waals surface area contributed by atoms with Gasteiger partial charge in [0.05, 0.1) is 31.9 Å². The molecule has 0 bridgehead atoms. The summed E-state index contributed by atoms with van der Waals surface area (Å²) in [5.41, 5.74) is 2.82. The highest BCUT2D eigenvalue weighted by Gasteiger charge is 2.33. The highest BCUT2D eigenvalue weighted by molar-refractivity contribution is 6.02. The lowest BCUT2D eigenvalue weighted by molar-refractivity contribution is 0.100. The summed E-state index contributed by atoms with van der Waals surface area (Å²) >= 11 is 0. The molecule has 3 aliphatic heterocycles. The Morgan fingerprint density at radius 3 is 2.96 bits per heavy atom. The van der Waals surface area contributed by atoms with Gasteiger partial charge in [-0.25, -0.2) is 9.18 Å². The molecule has 1 fully saturated rings. The van der Waals surface area contributed by atoms with Crippen molar-refractivity contribution in [3.8, 4) is 0 Å². The first-order valence-corrected chi connectivity index (χ1v) is 8.88. The summed E-state index contributed by atoms with van der Waals surface area (Å²) in [6.07, 6.45) is 2.17. The SMILES string of the molecule is CC1=NN=C(OC[C@H]2CN(c3ccc(C4=CCOCC4)c(F)c3)C(=O)O2)C1. The van der Waals surface area contributed by atoms with Crippen molar-refractivity contribution in [1.29, 1.82) is 0 Å². The molecular weight excluding hydrogens is 353 g/mol. The van der Waals surface area contributed by atoms with E-state index in [1.165, 1.54) is 11.0 Å². The fraction of sp³-hybridized carbons (Fsp3) is 0.421. The second-order valence-electron chi connectivity index (χ2n) is 6.65. The minimum atomic E-state index is -0.512. The number of hydrogen-bond acceptors (Lipinski definition) is 6. The largest absolute Gasteiger partial charge is 0.475 e. The number of ether oxygens (including phenoxy) is 3. The molecule has 27 heavy (non-hydrogen) atoms. The van der Waals surface area contributed by atoms with Gasteiger partial charge in [-0.2, -0.15) is 5.10 Å². The van der Waals surface area contributed by atoms with E-state index in [4.69, 9.17) is 14.2 Å². The summed E-state index contributed by atoms with van der Waals surface area (Å²) in [4.78, 5) is 13.6. The van der Waals surface area contributed by atoms with E-state index in [9.17, 15) is 9.18 Å². The monoisotopic (exact) mass is 373 g/mol. The van der Waals surface area contributed by atoms with Crippen LogP contribution in [0, 0.1) is 5.82 Å². The Morgan fingerprint density at radius 2 is 2.26 bits per heavy atom. The molecule has 4 rings (SSSR count). The number of amides is 1. The number of hydrogen-bond donors (Lipinski definition) is 0. The van der Waals surface area contributed by atoms with Gasteiger partial charge in [-0.05, 0) is 37.1 Å². The molecule has 0 saturated carbocycles. The van der Waals surface area contributed by atoms with Crippen LogP contribution >= 0.6 is 0 Å². The Kier molecular flexibility index (Phi) is 4.89. The van der Waals surface area contributed by atoms with Gasteiger partial charge in [0, 0.05) is 11.3 Å². The topological polar surface area (TPSA) is 72.7 Å². The first kappa shape index (κ1) is 17.7. The average molecular weight is 373 g/mol. The lowest BCUT2D eigenvalue weighted by Gasteiger charge is -2.17. The van der Waals surface area contributed by atoms with Crippen molar-refractivity contribution >= 4 is 29.0 Å². The van der Waals surface area contributed by atoms with Crippen LogP contribution < -0.4 is 4.90 Å². The summed E-state index contributed by atoms with van der Waals surface area (Å²) in [6, 6.07) is 4.80. The number of anilines is 1. The Bertz CT molecular complexity index is 849. The van der Waals surface area contributed by atoms with Crippen molar-refractivity contribution in [2.75, 3.05) is 31.3 Å². The molecule has 7 nitrogen and oxygen atoms in total. The Balaban J connectivity index is 1.40. The van der Waals surface area contributed by atoms with E-state index in [0.29, 0.717) is 49.7 Å². The van der Waals surface area contributed by atoms with Crippen LogP contribution in [0.1, 0.15) is 25.3 Å². The zero-order valence-electron chi connectivity index (χ0n) is 15.0. The molecule has 1 saturated heterocycles. The third-order valence-corrected chi connectivity index (χ3v) is 4.62. The third-order valence-electron chi connectivity index (χ3n) is 4.62. The van der Waals surface area contributed by atoms with Crippen LogP contribution in [0.25, 0.3) is 5.57 Å². The van der Waals surface area contributed by atoms with Gasteiger partial charge in [0.15, 0.2) is 6.10 Å². The normalized spacial score (nSPS) is 22.3. The zero-order chi connectivity index (χ0) is 18.8. The second-order valence-corrected chi connectivity index (χ2v) is 6.65. The summed E-state index contributed by atoms with van der Waals surface area (Å²) in [5, 5.41) is 7.81. The Labute approximate surface area is 156 Å². The lowest BCUT2D eigenvalue weighted by Crippen LogP contribution is -2.26. The van der Waals surface area contributed by atoms with E-state index < -0.39 is 12.2 Å². The molecule has 3 heterocycles. The first-order valence-electron chi connectivity index (χ1n) is 8.88. The molecule has 8 heteroatoms. The van der Waals surface area contributed by atoms with Gasteiger partial charge in [0.2, 0.25) is 5.90 Å². The third kappa shape index (κ3) is 3.85. The lowest BCUT2D eigenvalue weighted by atomic mass is 10.0. The summed E-state index contributed by atoms with van der Waals surface area (Å²) in [6.45, 7) is 3.43. The van der Waals surface area contributed by atoms with E-state index in [0.717, 1.165) is 11.3 Å². The quantitative estimate of drug-likeness (QED) is 0.813. The maximum absolute atomic E-state index is 14.6. The molecule has 0 aromatic heterocycles. The van der Waals surface area contributed by atoms with Gasteiger partial charge in [0.25, 0.3) is 0 Å². The van der Waals surface area contributed by atoms with Crippen LogP contribution in [0.5, 0.6) is 0 Å². The van der Waals surface area contributed by atoms with Crippen molar-refractivity contribution in [1.82, 2.24) is 0 Å². The van der Waals surface area contributed by atoms with Gasteiger partial charge in [-0.1, -0.05) is 6.08 Å². The van der Waals surface area contributed by atoms with Crippen LogP contribution in [0.3, 0.4) is 0 Å². The molecule has 0 N–H and O–H groups in total. The molecule has 1 amide bonds. The number of halogens is 1. The maximum Gasteiger partial charge on any atom is 0.414 e. The smallest absolute Gasteiger partial charge is 0.414 e. The number of benzene rings is 1. The van der Waals surface area contributed by atoms with E-state index in [-0.39, 0.29) is 12.4 Å². The standard InChI is InChI=1S/C19H20FN3O4/c1-12-8-18(22-21-12)26-11-15-10-23(19(24)27-15)14-2-3-16(17(20)9-14)13-4-6-25-7-5-13/h2-4,9,15H,5-8,10-11H2,1H3/t15-/m1/s1. The molecule has 1 atom stereocenters. The van der Waals surface area contributed by atoms with Crippen molar-refractivity contribution in [2.45, 2.75) is 25.9 Å². The van der Waals surface area contributed by atoms with E-state index in [2.05, 4.69) is 10.2 Å². The average Bonchev–Trinajstić information content (AvgIpc) is 3.26. The fourth-order valence-electron chi connectivity index (χ4n) is 3.22. The predicted molar refractivity (Wildman–Crippen MR) is 98.5 cm³/mol. The number of rotatable bonds is 4. The number of carbonyl (C=O) groups is 1. The first-order chi connectivity index (χ1) is 13.1. The molecule has 0 radical (unpaired) electrons. The van der Waals surface area contributed by atoms with Crippen LogP contribution in [-0.4, -0.2) is 50.2 Å². The Hall–Kier alpha value is -2.74. The molecular formula is C19H20FN3O4. The molecule has 3 aliphatic rings. The maximum atomic E-state index is 14.6. The van der Waals surface area contributed by atoms with Crippen molar-refractivity contribution in [3.05, 3.63) is 35.7 Å². The van der Waals surface area contributed by atoms with E-state index >= 15 is 0 Å². The molecule has 1 aromatic rings. The van der Waals surface area contributed by atoms with Gasteiger partial charge in [0.1, 0.15) is 12.4 Å². The molecule has 0 aliphatic carbocycles. The number of carbonyl (C=O) groups excluding carboxylic acids is 1. The minimum absolute atomic E-state index is 0.192. The fourth-order valence-corrected chi connectivity index (χ4v) is 3.22. The molecule has 142 valence electrons. The highest BCUT2D eigenvalue weighted by atomic mass is 19.1. The minimum Gasteiger partial charge on any atom is -0.475 e. The number of nitrogens with zero attached hydrogens (tertiary/aromatic N) is 3. The summed E-state index contributed by atoms with van der Waals surface area (Å²) in [7, 11) is 0. The molecule has 0 spiro atoms. The van der Waals surface area contributed by atoms with Gasteiger partial charge >= 0.3 is 6.09 Å². The van der Waals surface area contributed by atoms with E-state index in [1.807, 2.05) is 13.0 Å². The van der Waals surface area contributed by atoms with Gasteiger partial charge in [-0.15, -0.1) is 5.10 Å². The summed E-state index contributed by atoms with van der Waals surface area (Å²) in [5.74, 6) is 0.156. The second kappa shape index (κ2) is 7.48.